The molecule has 1 N–H and O–H groups in total. The summed E-state index contributed by atoms with van der Waals surface area (Å²) in [6.45, 7) is 4.73. The van der Waals surface area contributed by atoms with Gasteiger partial charge in [0.1, 0.15) is 11.4 Å². The fraction of sp³-hybridized carbons (Fsp3) is 0.235. The van der Waals surface area contributed by atoms with Crippen LogP contribution in [-0.2, 0) is 11.3 Å². The average molecular weight is 405 g/mol. The highest BCUT2D eigenvalue weighted by atomic mass is 79.9. The minimum Gasteiger partial charge on any atom is -0.328 e. The summed E-state index contributed by atoms with van der Waals surface area (Å²) in [5, 5.41) is 7.84. The molecule has 1 aliphatic heterocycles. The molecule has 0 bridgehead atoms. The van der Waals surface area contributed by atoms with Crippen molar-refractivity contribution >= 4 is 45.2 Å². The van der Waals surface area contributed by atoms with E-state index in [1.165, 1.54) is 0 Å². The summed E-state index contributed by atoms with van der Waals surface area (Å²) in [4.78, 5) is 14.4. The van der Waals surface area contributed by atoms with E-state index < -0.39 is 0 Å². The standard InChI is InChI=1S/C17H17BrN4OS/c1-3-21-10-13(18)14(20-21)9-15-16(23)22(17(24)19-15)11(2)12-7-5-4-6-8-12/h4-11H,3H2,1-2H3,(H,19,24)/b15-9-. The number of hydrogen-bond donors (Lipinski definition) is 1. The molecule has 24 heavy (non-hydrogen) atoms. The van der Waals surface area contributed by atoms with E-state index in [1.807, 2.05) is 50.4 Å². The van der Waals surface area contributed by atoms with Crippen LogP contribution in [0.4, 0.5) is 0 Å². The summed E-state index contributed by atoms with van der Waals surface area (Å²) < 4.78 is 2.64. The van der Waals surface area contributed by atoms with E-state index in [9.17, 15) is 4.79 Å². The molecule has 5 nitrogen and oxygen atoms in total. The van der Waals surface area contributed by atoms with Crippen LogP contribution in [0, 0.1) is 0 Å². The molecule has 2 heterocycles. The highest BCUT2D eigenvalue weighted by Gasteiger charge is 2.35. The van der Waals surface area contributed by atoms with E-state index in [4.69, 9.17) is 12.2 Å². The quantitative estimate of drug-likeness (QED) is 0.625. The van der Waals surface area contributed by atoms with E-state index in [1.54, 1.807) is 15.7 Å². The zero-order chi connectivity index (χ0) is 17.3. The van der Waals surface area contributed by atoms with Gasteiger partial charge in [0.05, 0.1) is 10.5 Å². The lowest BCUT2D eigenvalue weighted by Crippen LogP contribution is -2.33. The van der Waals surface area contributed by atoms with Gasteiger partial charge in [-0.15, -0.1) is 0 Å². The van der Waals surface area contributed by atoms with Gasteiger partial charge in [-0.1, -0.05) is 30.3 Å². The molecule has 1 aromatic carbocycles. The SMILES string of the molecule is CCn1cc(Br)c(/C=C2\NC(=S)N(C(C)c3ccccc3)C2=O)n1. The maximum absolute atomic E-state index is 12.8. The fourth-order valence-corrected chi connectivity index (χ4v) is 3.37. The Balaban J connectivity index is 1.88. The predicted octanol–water partition coefficient (Wildman–Crippen LogP) is 3.48. The third-order valence-corrected chi connectivity index (χ3v) is 4.84. The lowest BCUT2D eigenvalue weighted by molar-refractivity contribution is -0.123. The molecule has 1 atom stereocenters. The van der Waals surface area contributed by atoms with Crippen LogP contribution in [0.5, 0.6) is 0 Å². The number of carbonyl (C=O) groups excluding carboxylic acids is 1. The van der Waals surface area contributed by atoms with Crippen LogP contribution in [0.3, 0.4) is 0 Å². The molecule has 1 aliphatic rings. The number of amides is 1. The van der Waals surface area contributed by atoms with Crippen molar-refractivity contribution in [1.29, 1.82) is 0 Å². The zero-order valence-corrected chi connectivity index (χ0v) is 15.8. The fourth-order valence-electron chi connectivity index (χ4n) is 2.59. The Bertz CT molecular complexity index is 815. The van der Waals surface area contributed by atoms with E-state index in [0.717, 1.165) is 16.6 Å². The second kappa shape index (κ2) is 6.86. The average Bonchev–Trinajstić information content (AvgIpc) is 3.08. The van der Waals surface area contributed by atoms with Crippen LogP contribution in [0.15, 0.2) is 46.7 Å². The van der Waals surface area contributed by atoms with Crippen LogP contribution in [-0.4, -0.2) is 25.7 Å². The largest absolute Gasteiger partial charge is 0.328 e. The van der Waals surface area contributed by atoms with E-state index in [-0.39, 0.29) is 11.9 Å². The van der Waals surface area contributed by atoms with E-state index in [0.29, 0.717) is 16.5 Å². The Kier molecular flexibility index (Phi) is 4.82. The summed E-state index contributed by atoms with van der Waals surface area (Å²) in [7, 11) is 0. The Morgan fingerprint density at radius 3 is 2.71 bits per heavy atom. The molecular weight excluding hydrogens is 388 g/mol. The molecule has 1 saturated heterocycles. The van der Waals surface area contributed by atoms with Crippen LogP contribution < -0.4 is 5.32 Å². The third-order valence-electron chi connectivity index (χ3n) is 3.93. The summed E-state index contributed by atoms with van der Waals surface area (Å²) >= 11 is 8.83. The number of nitrogens with one attached hydrogen (secondary N) is 1. The first-order chi connectivity index (χ1) is 11.5. The molecule has 0 spiro atoms. The summed E-state index contributed by atoms with van der Waals surface area (Å²) in [6.07, 6.45) is 3.61. The Morgan fingerprint density at radius 1 is 1.38 bits per heavy atom. The lowest BCUT2D eigenvalue weighted by atomic mass is 10.1. The lowest BCUT2D eigenvalue weighted by Gasteiger charge is -2.23. The Hall–Kier alpha value is -1.99. The molecule has 1 aromatic heterocycles. The van der Waals surface area contributed by atoms with Crippen molar-refractivity contribution in [2.75, 3.05) is 0 Å². The molecule has 0 saturated carbocycles. The Morgan fingerprint density at radius 2 is 2.08 bits per heavy atom. The van der Waals surface area contributed by atoms with Gasteiger partial charge in [-0.05, 0) is 53.6 Å². The zero-order valence-electron chi connectivity index (χ0n) is 13.4. The normalized spacial score (nSPS) is 17.5. The molecule has 7 heteroatoms. The molecule has 3 rings (SSSR count). The Labute approximate surface area is 154 Å². The van der Waals surface area contributed by atoms with Crippen LogP contribution in [0.2, 0.25) is 0 Å². The minimum absolute atomic E-state index is 0.138. The summed E-state index contributed by atoms with van der Waals surface area (Å²) in [5.41, 5.74) is 2.17. The highest BCUT2D eigenvalue weighted by molar-refractivity contribution is 9.10. The van der Waals surface area contributed by atoms with Crippen molar-refractivity contribution in [1.82, 2.24) is 20.0 Å². The van der Waals surface area contributed by atoms with Gasteiger partial charge in [0.2, 0.25) is 0 Å². The molecular formula is C17H17BrN4OS. The summed E-state index contributed by atoms with van der Waals surface area (Å²) in [5.74, 6) is -0.144. The van der Waals surface area contributed by atoms with E-state index >= 15 is 0 Å². The van der Waals surface area contributed by atoms with Gasteiger partial charge < -0.3 is 5.32 Å². The third kappa shape index (κ3) is 3.14. The van der Waals surface area contributed by atoms with Gasteiger partial charge in [0, 0.05) is 12.7 Å². The molecule has 1 amide bonds. The number of benzene rings is 1. The minimum atomic E-state index is -0.144. The van der Waals surface area contributed by atoms with Gasteiger partial charge in [-0.25, -0.2) is 0 Å². The van der Waals surface area contributed by atoms with Gasteiger partial charge in [0.15, 0.2) is 5.11 Å². The maximum Gasteiger partial charge on any atom is 0.277 e. The molecule has 1 fully saturated rings. The topological polar surface area (TPSA) is 50.2 Å². The van der Waals surface area contributed by atoms with Crippen LogP contribution >= 0.6 is 28.1 Å². The van der Waals surface area contributed by atoms with Crippen molar-refractivity contribution in [3.05, 3.63) is 58.0 Å². The van der Waals surface area contributed by atoms with Crippen LogP contribution in [0.1, 0.15) is 31.1 Å². The molecule has 0 aliphatic carbocycles. The first kappa shape index (κ1) is 16.9. The van der Waals surface area contributed by atoms with Gasteiger partial charge in [0.25, 0.3) is 5.91 Å². The molecule has 1 unspecified atom stereocenters. The van der Waals surface area contributed by atoms with Crippen LogP contribution in [0.25, 0.3) is 6.08 Å². The van der Waals surface area contributed by atoms with Gasteiger partial charge in [-0.3, -0.25) is 14.4 Å². The predicted molar refractivity (Wildman–Crippen MR) is 101 cm³/mol. The molecule has 2 aromatic rings. The second-order valence-electron chi connectivity index (χ2n) is 5.47. The number of thiocarbonyl (C=S) groups is 1. The number of nitrogens with zero attached hydrogens (tertiary/aromatic N) is 3. The highest BCUT2D eigenvalue weighted by Crippen LogP contribution is 2.27. The van der Waals surface area contributed by atoms with E-state index in [2.05, 4.69) is 26.3 Å². The number of aryl methyl sites for hydroxylation is 1. The van der Waals surface area contributed by atoms with Crippen molar-refractivity contribution in [2.24, 2.45) is 0 Å². The second-order valence-corrected chi connectivity index (χ2v) is 6.71. The number of rotatable bonds is 4. The maximum atomic E-state index is 12.8. The number of hydrogen-bond acceptors (Lipinski definition) is 3. The molecule has 124 valence electrons. The smallest absolute Gasteiger partial charge is 0.277 e. The summed E-state index contributed by atoms with van der Waals surface area (Å²) in [6, 6.07) is 9.69. The van der Waals surface area contributed by atoms with Crippen molar-refractivity contribution in [3.8, 4) is 0 Å². The first-order valence-electron chi connectivity index (χ1n) is 7.65. The monoisotopic (exact) mass is 404 g/mol. The number of carbonyl (C=O) groups is 1. The van der Waals surface area contributed by atoms with Gasteiger partial charge >= 0.3 is 0 Å². The van der Waals surface area contributed by atoms with Gasteiger partial charge in [-0.2, -0.15) is 5.10 Å². The molecule has 0 radical (unpaired) electrons. The number of aromatic nitrogens is 2. The first-order valence-corrected chi connectivity index (χ1v) is 8.85. The van der Waals surface area contributed by atoms with Crippen molar-refractivity contribution in [3.63, 3.8) is 0 Å². The van der Waals surface area contributed by atoms with Crippen molar-refractivity contribution in [2.45, 2.75) is 26.4 Å². The number of halogens is 1. The van der Waals surface area contributed by atoms with Crippen molar-refractivity contribution < 1.29 is 4.79 Å².